The molecule has 0 fully saturated rings. The van der Waals surface area contributed by atoms with E-state index in [1.165, 1.54) is 37.2 Å². The first-order chi connectivity index (χ1) is 5.41. The molecule has 0 aromatic rings. The summed E-state index contributed by atoms with van der Waals surface area (Å²) in [4.78, 5) is 0. The van der Waals surface area contributed by atoms with E-state index in [0.29, 0.717) is 0 Å². The third-order valence-electron chi connectivity index (χ3n) is 1.60. The van der Waals surface area contributed by atoms with Crippen molar-refractivity contribution in [3.05, 3.63) is 12.2 Å². The Balaban J connectivity index is 2.79. The molecule has 0 nitrogen and oxygen atoms in total. The van der Waals surface area contributed by atoms with Crippen LogP contribution in [0.15, 0.2) is 12.2 Å². The average molecular weight is 172 g/mol. The highest BCUT2D eigenvalue weighted by Crippen LogP contribution is 2.06. The minimum atomic E-state index is 1.27. The number of hydrogen-bond donors (Lipinski definition) is 0. The summed E-state index contributed by atoms with van der Waals surface area (Å²) in [6.07, 6.45) is 9.84. The molecule has 0 aromatic heterocycles. The van der Waals surface area contributed by atoms with Crippen LogP contribution in [0, 0.1) is 0 Å². The van der Waals surface area contributed by atoms with Gasteiger partial charge in [0.25, 0.3) is 0 Å². The molecule has 0 aliphatic rings. The molecule has 0 unspecified atom stereocenters. The summed E-state index contributed by atoms with van der Waals surface area (Å²) < 4.78 is 0. The van der Waals surface area contributed by atoms with Gasteiger partial charge in [0.15, 0.2) is 0 Å². The van der Waals surface area contributed by atoms with Crippen molar-refractivity contribution >= 4 is 11.8 Å². The van der Waals surface area contributed by atoms with Crippen LogP contribution in [0.5, 0.6) is 0 Å². The Hall–Kier alpha value is 0.0900. The van der Waals surface area contributed by atoms with E-state index >= 15 is 0 Å². The zero-order valence-corrected chi connectivity index (χ0v) is 8.62. The number of thioether (sulfide) groups is 1. The third-order valence-corrected chi connectivity index (χ3v) is 2.58. The van der Waals surface area contributed by atoms with E-state index in [9.17, 15) is 0 Å². The Kier molecular flexibility index (Phi) is 10.2. The van der Waals surface area contributed by atoms with Crippen molar-refractivity contribution < 1.29 is 0 Å². The van der Waals surface area contributed by atoms with Crippen molar-refractivity contribution in [1.82, 2.24) is 0 Å². The molecule has 0 aromatic carbocycles. The molecular formula is C10H20S. The molecule has 0 aliphatic carbocycles. The van der Waals surface area contributed by atoms with E-state index in [1.54, 1.807) is 0 Å². The van der Waals surface area contributed by atoms with Crippen molar-refractivity contribution in [2.45, 2.75) is 39.5 Å². The van der Waals surface area contributed by atoms with E-state index < -0.39 is 0 Å². The van der Waals surface area contributed by atoms with Gasteiger partial charge in [0.1, 0.15) is 0 Å². The second kappa shape index (κ2) is 10.1. The quantitative estimate of drug-likeness (QED) is 0.415. The fourth-order valence-electron chi connectivity index (χ4n) is 0.954. The van der Waals surface area contributed by atoms with Crippen LogP contribution in [0.25, 0.3) is 0 Å². The molecule has 0 saturated carbocycles. The Labute approximate surface area is 75.5 Å². The highest BCUT2D eigenvalue weighted by Gasteiger charge is 1.87. The fraction of sp³-hybridized carbons (Fsp3) is 0.800. The minimum Gasteiger partial charge on any atom is -0.162 e. The van der Waals surface area contributed by atoms with Crippen LogP contribution in [-0.4, -0.2) is 11.5 Å². The Morgan fingerprint density at radius 2 is 2.00 bits per heavy atom. The molecular weight excluding hydrogens is 152 g/mol. The van der Waals surface area contributed by atoms with Crippen LogP contribution >= 0.6 is 11.8 Å². The summed E-state index contributed by atoms with van der Waals surface area (Å²) in [5.41, 5.74) is 0. The zero-order valence-electron chi connectivity index (χ0n) is 7.81. The molecule has 0 heterocycles. The SMILES string of the molecule is CC=CCCCCCSCC. The Morgan fingerprint density at radius 1 is 1.18 bits per heavy atom. The van der Waals surface area contributed by atoms with Crippen molar-refractivity contribution in [2.75, 3.05) is 11.5 Å². The summed E-state index contributed by atoms with van der Waals surface area (Å²) >= 11 is 2.05. The maximum Gasteiger partial charge on any atom is -0.00676 e. The molecule has 0 rings (SSSR count). The first-order valence-corrected chi connectivity index (χ1v) is 5.76. The summed E-state index contributed by atoms with van der Waals surface area (Å²) in [5, 5.41) is 0. The van der Waals surface area contributed by atoms with Crippen LogP contribution in [0.2, 0.25) is 0 Å². The first-order valence-electron chi connectivity index (χ1n) is 4.60. The summed E-state index contributed by atoms with van der Waals surface area (Å²) in [6.45, 7) is 4.32. The van der Waals surface area contributed by atoms with Gasteiger partial charge in [0, 0.05) is 0 Å². The topological polar surface area (TPSA) is 0 Å². The Morgan fingerprint density at radius 3 is 2.64 bits per heavy atom. The van der Waals surface area contributed by atoms with E-state index in [2.05, 4.69) is 37.8 Å². The number of allylic oxidation sites excluding steroid dienone is 2. The van der Waals surface area contributed by atoms with Crippen molar-refractivity contribution in [1.29, 1.82) is 0 Å². The van der Waals surface area contributed by atoms with Gasteiger partial charge in [-0.2, -0.15) is 11.8 Å². The van der Waals surface area contributed by atoms with Crippen LogP contribution in [-0.2, 0) is 0 Å². The smallest absolute Gasteiger partial charge is 0.00676 e. The van der Waals surface area contributed by atoms with Crippen molar-refractivity contribution in [3.8, 4) is 0 Å². The van der Waals surface area contributed by atoms with Gasteiger partial charge in [-0.3, -0.25) is 0 Å². The van der Waals surface area contributed by atoms with Gasteiger partial charge in [-0.1, -0.05) is 25.5 Å². The lowest BCUT2D eigenvalue weighted by atomic mass is 10.2. The molecule has 66 valence electrons. The highest BCUT2D eigenvalue weighted by atomic mass is 32.2. The lowest BCUT2D eigenvalue weighted by Crippen LogP contribution is -1.80. The van der Waals surface area contributed by atoms with E-state index in [-0.39, 0.29) is 0 Å². The molecule has 11 heavy (non-hydrogen) atoms. The van der Waals surface area contributed by atoms with Gasteiger partial charge >= 0.3 is 0 Å². The average Bonchev–Trinajstić information content (AvgIpc) is 2.03. The molecule has 0 saturated heterocycles. The standard InChI is InChI=1S/C10H20S/c1-3-5-6-7-8-9-10-11-4-2/h3,5H,4,6-10H2,1-2H3. The number of hydrogen-bond acceptors (Lipinski definition) is 1. The highest BCUT2D eigenvalue weighted by molar-refractivity contribution is 7.99. The largest absolute Gasteiger partial charge is 0.162 e. The minimum absolute atomic E-state index is 1.27. The normalized spacial score (nSPS) is 11.1. The fourth-order valence-corrected chi connectivity index (χ4v) is 1.65. The molecule has 0 atom stereocenters. The van der Waals surface area contributed by atoms with Gasteiger partial charge < -0.3 is 0 Å². The maximum absolute atomic E-state index is 2.26. The summed E-state index contributed by atoms with van der Waals surface area (Å²) in [7, 11) is 0. The molecule has 0 aliphatic heterocycles. The second-order valence-electron chi connectivity index (χ2n) is 2.62. The number of rotatable bonds is 7. The predicted molar refractivity (Wildman–Crippen MR) is 56.3 cm³/mol. The lowest BCUT2D eigenvalue weighted by Gasteiger charge is -1.97. The summed E-state index contributed by atoms with van der Waals surface area (Å²) in [6, 6.07) is 0. The van der Waals surface area contributed by atoms with Gasteiger partial charge in [0.2, 0.25) is 0 Å². The predicted octanol–water partition coefficient (Wildman–Crippen LogP) is 3.88. The summed E-state index contributed by atoms with van der Waals surface area (Å²) in [5.74, 6) is 2.63. The Bertz CT molecular complexity index is 86.9. The van der Waals surface area contributed by atoms with Crippen LogP contribution in [0.1, 0.15) is 39.5 Å². The van der Waals surface area contributed by atoms with E-state index in [1.807, 2.05) is 0 Å². The molecule has 0 N–H and O–H groups in total. The molecule has 0 amide bonds. The van der Waals surface area contributed by atoms with Crippen molar-refractivity contribution in [2.24, 2.45) is 0 Å². The number of unbranched alkanes of at least 4 members (excludes halogenated alkanes) is 3. The van der Waals surface area contributed by atoms with Crippen LogP contribution in [0.4, 0.5) is 0 Å². The van der Waals surface area contributed by atoms with Gasteiger partial charge in [-0.15, -0.1) is 0 Å². The zero-order chi connectivity index (χ0) is 8.36. The monoisotopic (exact) mass is 172 g/mol. The van der Waals surface area contributed by atoms with Crippen molar-refractivity contribution in [3.63, 3.8) is 0 Å². The third kappa shape index (κ3) is 10.1. The van der Waals surface area contributed by atoms with E-state index in [4.69, 9.17) is 0 Å². The second-order valence-corrected chi connectivity index (χ2v) is 4.01. The van der Waals surface area contributed by atoms with E-state index in [0.717, 1.165) is 0 Å². The molecule has 0 radical (unpaired) electrons. The lowest BCUT2D eigenvalue weighted by molar-refractivity contribution is 0.734. The first kappa shape index (κ1) is 11.1. The van der Waals surface area contributed by atoms with Gasteiger partial charge in [0.05, 0.1) is 0 Å². The van der Waals surface area contributed by atoms with Gasteiger partial charge in [-0.05, 0) is 37.7 Å². The van der Waals surface area contributed by atoms with Crippen LogP contribution in [0.3, 0.4) is 0 Å². The maximum atomic E-state index is 2.26. The molecule has 0 spiro atoms. The molecule has 1 heteroatoms. The van der Waals surface area contributed by atoms with Gasteiger partial charge in [-0.25, -0.2) is 0 Å². The van der Waals surface area contributed by atoms with Crippen LogP contribution < -0.4 is 0 Å². The molecule has 0 bridgehead atoms.